The standard InChI is InChI=1S/C21H18N4O3S/c1-28-16-11-9-14(10-12-16)20-18-7-2-3-8-19(18)21(25-24-20)23-15-5-4-6-17(13-15)29(22,26)27/h2-13H,1H3,(H,23,25)(H2,22,26,27). The Morgan fingerprint density at radius 2 is 1.62 bits per heavy atom. The first-order valence-corrected chi connectivity index (χ1v) is 10.3. The minimum Gasteiger partial charge on any atom is -0.497 e. The summed E-state index contributed by atoms with van der Waals surface area (Å²) in [6.07, 6.45) is 0. The van der Waals surface area contributed by atoms with E-state index in [-0.39, 0.29) is 4.90 Å². The molecule has 0 spiro atoms. The Hall–Kier alpha value is -3.49. The Labute approximate surface area is 168 Å². The minimum atomic E-state index is -3.79. The molecule has 4 aromatic rings. The number of aromatic nitrogens is 2. The van der Waals surface area contributed by atoms with Gasteiger partial charge in [0.05, 0.1) is 12.0 Å². The summed E-state index contributed by atoms with van der Waals surface area (Å²) in [7, 11) is -2.17. The van der Waals surface area contributed by atoms with Crippen molar-refractivity contribution in [2.75, 3.05) is 12.4 Å². The van der Waals surface area contributed by atoms with Gasteiger partial charge in [0.15, 0.2) is 5.82 Å². The smallest absolute Gasteiger partial charge is 0.238 e. The SMILES string of the molecule is COc1ccc(-c2nnc(Nc3cccc(S(N)(=O)=O)c3)c3ccccc23)cc1. The first kappa shape index (κ1) is 18.9. The van der Waals surface area contributed by atoms with Crippen LogP contribution in [-0.2, 0) is 10.0 Å². The molecule has 0 radical (unpaired) electrons. The van der Waals surface area contributed by atoms with E-state index in [1.54, 1.807) is 19.2 Å². The molecule has 0 aliphatic rings. The van der Waals surface area contributed by atoms with Crippen LogP contribution in [0.15, 0.2) is 77.7 Å². The van der Waals surface area contributed by atoms with Crippen LogP contribution in [0.3, 0.4) is 0 Å². The van der Waals surface area contributed by atoms with Gasteiger partial charge in [-0.2, -0.15) is 0 Å². The van der Waals surface area contributed by atoms with Crippen LogP contribution in [0.5, 0.6) is 5.75 Å². The fourth-order valence-electron chi connectivity index (χ4n) is 3.05. The number of sulfonamides is 1. The third kappa shape index (κ3) is 3.89. The zero-order chi connectivity index (χ0) is 20.4. The third-order valence-corrected chi connectivity index (χ3v) is 5.39. The number of methoxy groups -OCH3 is 1. The Morgan fingerprint density at radius 1 is 0.897 bits per heavy atom. The molecule has 0 fully saturated rings. The Balaban J connectivity index is 1.78. The lowest BCUT2D eigenvalue weighted by Crippen LogP contribution is -2.12. The van der Waals surface area contributed by atoms with Crippen molar-refractivity contribution in [3.05, 3.63) is 72.8 Å². The summed E-state index contributed by atoms with van der Waals surface area (Å²) >= 11 is 0. The van der Waals surface area contributed by atoms with Crippen molar-refractivity contribution in [3.8, 4) is 17.0 Å². The number of hydrogen-bond acceptors (Lipinski definition) is 6. The van der Waals surface area contributed by atoms with Crippen LogP contribution in [0.4, 0.5) is 11.5 Å². The van der Waals surface area contributed by atoms with Gasteiger partial charge in [-0.15, -0.1) is 10.2 Å². The second kappa shape index (κ2) is 7.50. The molecule has 3 aromatic carbocycles. The van der Waals surface area contributed by atoms with E-state index in [0.29, 0.717) is 11.5 Å². The Morgan fingerprint density at radius 3 is 2.31 bits per heavy atom. The van der Waals surface area contributed by atoms with Crippen molar-refractivity contribution in [1.29, 1.82) is 0 Å². The molecule has 3 N–H and O–H groups in total. The number of fused-ring (bicyclic) bond motifs is 1. The van der Waals surface area contributed by atoms with Crippen LogP contribution in [0.1, 0.15) is 0 Å². The summed E-state index contributed by atoms with van der Waals surface area (Å²) in [6, 6.07) is 21.6. The van der Waals surface area contributed by atoms with Crippen molar-refractivity contribution < 1.29 is 13.2 Å². The summed E-state index contributed by atoms with van der Waals surface area (Å²) in [6.45, 7) is 0. The predicted molar refractivity (Wildman–Crippen MR) is 113 cm³/mol. The topological polar surface area (TPSA) is 107 Å². The quantitative estimate of drug-likeness (QED) is 0.523. The molecule has 0 bridgehead atoms. The fourth-order valence-corrected chi connectivity index (χ4v) is 3.61. The van der Waals surface area contributed by atoms with Crippen LogP contribution < -0.4 is 15.2 Å². The van der Waals surface area contributed by atoms with E-state index in [0.717, 1.165) is 27.8 Å². The van der Waals surface area contributed by atoms with Gasteiger partial charge in [0.2, 0.25) is 10.0 Å². The molecule has 4 rings (SSSR count). The van der Waals surface area contributed by atoms with Crippen LogP contribution in [-0.4, -0.2) is 25.7 Å². The highest BCUT2D eigenvalue weighted by atomic mass is 32.2. The van der Waals surface area contributed by atoms with Crippen LogP contribution in [0, 0.1) is 0 Å². The molecule has 0 aliphatic heterocycles. The van der Waals surface area contributed by atoms with Crippen LogP contribution >= 0.6 is 0 Å². The average molecular weight is 406 g/mol. The van der Waals surface area contributed by atoms with Crippen molar-refractivity contribution in [2.24, 2.45) is 5.14 Å². The molecule has 7 nitrogen and oxygen atoms in total. The number of nitrogens with zero attached hydrogens (tertiary/aromatic N) is 2. The number of hydrogen-bond donors (Lipinski definition) is 2. The number of nitrogens with one attached hydrogen (secondary N) is 1. The summed E-state index contributed by atoms with van der Waals surface area (Å²) in [4.78, 5) is 0.0228. The molecule has 0 saturated heterocycles. The van der Waals surface area contributed by atoms with Crippen molar-refractivity contribution in [2.45, 2.75) is 4.90 Å². The maximum Gasteiger partial charge on any atom is 0.238 e. The molecule has 0 aliphatic carbocycles. The fraction of sp³-hybridized carbons (Fsp3) is 0.0476. The molecule has 1 aromatic heterocycles. The van der Waals surface area contributed by atoms with E-state index >= 15 is 0 Å². The largest absolute Gasteiger partial charge is 0.497 e. The van der Waals surface area contributed by atoms with Gasteiger partial charge in [0, 0.05) is 22.0 Å². The molecule has 0 atom stereocenters. The molecule has 29 heavy (non-hydrogen) atoms. The second-order valence-electron chi connectivity index (χ2n) is 6.37. The van der Waals surface area contributed by atoms with E-state index in [2.05, 4.69) is 15.5 Å². The number of primary sulfonamides is 1. The lowest BCUT2D eigenvalue weighted by atomic mass is 10.0. The molecule has 146 valence electrons. The number of nitrogens with two attached hydrogens (primary N) is 1. The van der Waals surface area contributed by atoms with Gasteiger partial charge in [0.25, 0.3) is 0 Å². The van der Waals surface area contributed by atoms with Gasteiger partial charge in [-0.05, 0) is 42.5 Å². The molecule has 0 unspecified atom stereocenters. The number of anilines is 2. The molecular weight excluding hydrogens is 388 g/mol. The van der Waals surface area contributed by atoms with Crippen molar-refractivity contribution in [3.63, 3.8) is 0 Å². The second-order valence-corrected chi connectivity index (χ2v) is 7.93. The van der Waals surface area contributed by atoms with E-state index in [9.17, 15) is 8.42 Å². The maximum atomic E-state index is 11.6. The number of benzene rings is 3. The Kier molecular flexibility index (Phi) is 4.87. The molecule has 1 heterocycles. The van der Waals surface area contributed by atoms with Crippen LogP contribution in [0.2, 0.25) is 0 Å². The van der Waals surface area contributed by atoms with E-state index < -0.39 is 10.0 Å². The molecular formula is C21H18N4O3S. The summed E-state index contributed by atoms with van der Waals surface area (Å²) < 4.78 is 28.4. The van der Waals surface area contributed by atoms with E-state index in [4.69, 9.17) is 9.88 Å². The first-order chi connectivity index (χ1) is 14.0. The normalized spacial score (nSPS) is 11.4. The van der Waals surface area contributed by atoms with Gasteiger partial charge in [-0.1, -0.05) is 30.3 Å². The zero-order valence-electron chi connectivity index (χ0n) is 15.5. The highest BCUT2D eigenvalue weighted by Gasteiger charge is 2.13. The zero-order valence-corrected chi connectivity index (χ0v) is 16.3. The van der Waals surface area contributed by atoms with Gasteiger partial charge in [-0.25, -0.2) is 13.6 Å². The summed E-state index contributed by atoms with van der Waals surface area (Å²) in [5, 5.41) is 18.9. The maximum absolute atomic E-state index is 11.6. The first-order valence-electron chi connectivity index (χ1n) is 8.75. The van der Waals surface area contributed by atoms with Crippen LogP contribution in [0.25, 0.3) is 22.0 Å². The molecule has 0 saturated carbocycles. The molecule has 0 amide bonds. The van der Waals surface area contributed by atoms with Crippen molar-refractivity contribution in [1.82, 2.24) is 10.2 Å². The lowest BCUT2D eigenvalue weighted by molar-refractivity contribution is 0.415. The summed E-state index contributed by atoms with van der Waals surface area (Å²) in [5.41, 5.74) is 2.21. The highest BCUT2D eigenvalue weighted by Crippen LogP contribution is 2.32. The van der Waals surface area contributed by atoms with Gasteiger partial charge in [0.1, 0.15) is 11.4 Å². The highest BCUT2D eigenvalue weighted by molar-refractivity contribution is 7.89. The minimum absolute atomic E-state index is 0.0228. The van der Waals surface area contributed by atoms with E-state index in [1.165, 1.54) is 12.1 Å². The average Bonchev–Trinajstić information content (AvgIpc) is 2.74. The third-order valence-electron chi connectivity index (χ3n) is 4.48. The number of ether oxygens (including phenoxy) is 1. The van der Waals surface area contributed by atoms with Gasteiger partial charge in [-0.3, -0.25) is 0 Å². The lowest BCUT2D eigenvalue weighted by Gasteiger charge is -2.12. The van der Waals surface area contributed by atoms with Gasteiger partial charge >= 0.3 is 0 Å². The monoisotopic (exact) mass is 406 g/mol. The number of rotatable bonds is 5. The van der Waals surface area contributed by atoms with E-state index in [1.807, 2.05) is 48.5 Å². The summed E-state index contributed by atoms with van der Waals surface area (Å²) in [5.74, 6) is 1.28. The van der Waals surface area contributed by atoms with Gasteiger partial charge < -0.3 is 10.1 Å². The Bertz CT molecular complexity index is 1290. The predicted octanol–water partition coefficient (Wildman–Crippen LogP) is 3.70. The molecule has 8 heteroatoms. The van der Waals surface area contributed by atoms with Crippen molar-refractivity contribution >= 4 is 32.3 Å².